The van der Waals surface area contributed by atoms with E-state index in [9.17, 15) is 19.5 Å². The number of hydrogen-bond donors (Lipinski definition) is 5. The molecule has 1 amide bonds. The molecule has 7 N–H and O–H groups in total. The molecule has 0 saturated heterocycles. The summed E-state index contributed by atoms with van der Waals surface area (Å²) in [7, 11) is 0. The first-order valence-electron chi connectivity index (χ1n) is 10.6. The average molecular weight is 478 g/mol. The van der Waals surface area contributed by atoms with Crippen LogP contribution >= 0.6 is 0 Å². The Balaban J connectivity index is 1.51. The van der Waals surface area contributed by atoms with E-state index in [1.54, 1.807) is 24.4 Å². The molecule has 0 aliphatic heterocycles. The van der Waals surface area contributed by atoms with E-state index in [-0.39, 0.29) is 36.6 Å². The molecule has 3 heterocycles. The van der Waals surface area contributed by atoms with Crippen molar-refractivity contribution >= 4 is 51.7 Å². The van der Waals surface area contributed by atoms with Crippen LogP contribution in [0.25, 0.3) is 22.1 Å². The third-order valence-corrected chi connectivity index (χ3v) is 5.35. The molecule has 0 saturated carbocycles. The zero-order chi connectivity index (χ0) is 25.1. The largest absolute Gasteiger partial charge is 0.481 e. The number of rotatable bonds is 9. The number of nitrogens with zero attached hydrogens (tertiary/aromatic N) is 5. The number of aromatic nitrogens is 5. The van der Waals surface area contributed by atoms with E-state index in [0.29, 0.717) is 23.4 Å². The van der Waals surface area contributed by atoms with Gasteiger partial charge in [-0.2, -0.15) is 9.97 Å². The zero-order valence-electron chi connectivity index (χ0n) is 18.4. The van der Waals surface area contributed by atoms with Gasteiger partial charge in [0.1, 0.15) is 6.04 Å². The van der Waals surface area contributed by atoms with Gasteiger partial charge in [-0.1, -0.05) is 0 Å². The Labute approximate surface area is 197 Å². The van der Waals surface area contributed by atoms with E-state index in [0.717, 1.165) is 10.9 Å². The van der Waals surface area contributed by atoms with Gasteiger partial charge in [0.25, 0.3) is 5.91 Å². The first-order valence-corrected chi connectivity index (χ1v) is 10.6. The van der Waals surface area contributed by atoms with Crippen LogP contribution in [-0.4, -0.2) is 58.6 Å². The maximum Gasteiger partial charge on any atom is 0.326 e. The predicted octanol–water partition coefficient (Wildman–Crippen LogP) is 1.03. The van der Waals surface area contributed by atoms with E-state index < -0.39 is 23.9 Å². The molecule has 1 atom stereocenters. The van der Waals surface area contributed by atoms with Crippen LogP contribution in [0.3, 0.4) is 0 Å². The number of benzene rings is 1. The Morgan fingerprint density at radius 3 is 2.63 bits per heavy atom. The number of nitrogens with one attached hydrogen (secondary N) is 1. The molecular formula is C22H22N8O5. The van der Waals surface area contributed by atoms with Crippen molar-refractivity contribution in [3.8, 4) is 0 Å². The van der Waals surface area contributed by atoms with Crippen molar-refractivity contribution in [3.63, 3.8) is 0 Å². The van der Waals surface area contributed by atoms with E-state index in [1.165, 1.54) is 0 Å². The number of aliphatic carboxylic acids is 2. The van der Waals surface area contributed by atoms with Crippen molar-refractivity contribution in [3.05, 3.63) is 47.9 Å². The number of hydrogen-bond acceptors (Lipinski definition) is 9. The molecule has 0 aliphatic rings. The summed E-state index contributed by atoms with van der Waals surface area (Å²) in [6.45, 7) is 0.368. The molecular weight excluding hydrogens is 456 g/mol. The average Bonchev–Trinajstić information content (AvgIpc) is 3.20. The number of amides is 1. The molecule has 0 bridgehead atoms. The lowest BCUT2D eigenvalue weighted by atomic mass is 10.1. The Hall–Kier alpha value is -4.81. The lowest BCUT2D eigenvalue weighted by molar-refractivity contribution is -0.140. The van der Waals surface area contributed by atoms with Crippen LogP contribution < -0.4 is 16.8 Å². The second-order valence-electron chi connectivity index (χ2n) is 7.87. The minimum Gasteiger partial charge on any atom is -0.481 e. The van der Waals surface area contributed by atoms with Gasteiger partial charge >= 0.3 is 11.9 Å². The highest BCUT2D eigenvalue weighted by atomic mass is 16.4. The fourth-order valence-corrected chi connectivity index (χ4v) is 3.67. The topological polar surface area (TPSA) is 212 Å². The molecule has 0 radical (unpaired) electrons. The Morgan fingerprint density at radius 1 is 1.09 bits per heavy atom. The first kappa shape index (κ1) is 23.4. The van der Waals surface area contributed by atoms with Crippen LogP contribution in [-0.2, 0) is 16.1 Å². The van der Waals surface area contributed by atoms with Crippen molar-refractivity contribution in [1.29, 1.82) is 0 Å². The maximum atomic E-state index is 12.6. The summed E-state index contributed by atoms with van der Waals surface area (Å²) in [5.41, 5.74) is 13.8. The standard InChI is InChI=1S/C22H22N8O5/c23-18-17-19(29-22(24)28-18)25-9-13(26-17)10-30-7-6-11-8-12(4-5-15(11)30)20(33)27-14(21(34)35)2-1-3-16(31)32/h4-9,14H,1-3,10H2,(H,27,33)(H,31,32)(H,34,35)(H4,23,24,25,28,29)/t14-/m0/s1. The number of anilines is 2. The maximum absolute atomic E-state index is 12.6. The van der Waals surface area contributed by atoms with Crippen molar-refractivity contribution in [2.75, 3.05) is 11.5 Å². The molecule has 35 heavy (non-hydrogen) atoms. The van der Waals surface area contributed by atoms with Gasteiger partial charge in [0, 0.05) is 29.1 Å². The monoisotopic (exact) mass is 478 g/mol. The van der Waals surface area contributed by atoms with Crippen molar-refractivity contribution < 1.29 is 24.6 Å². The minimum absolute atomic E-state index is 0.0148. The van der Waals surface area contributed by atoms with E-state index in [4.69, 9.17) is 16.6 Å². The number of carboxylic acid groups (broad SMARTS) is 2. The number of fused-ring (bicyclic) bond motifs is 2. The quantitative estimate of drug-likeness (QED) is 0.229. The molecule has 13 heteroatoms. The fourth-order valence-electron chi connectivity index (χ4n) is 3.67. The first-order chi connectivity index (χ1) is 16.7. The zero-order valence-corrected chi connectivity index (χ0v) is 18.4. The third kappa shape index (κ3) is 5.24. The number of carboxylic acids is 2. The van der Waals surface area contributed by atoms with Crippen molar-refractivity contribution in [2.45, 2.75) is 31.8 Å². The normalized spacial score (nSPS) is 12.0. The molecule has 0 aliphatic carbocycles. The van der Waals surface area contributed by atoms with Crippen LogP contribution in [0.1, 0.15) is 35.3 Å². The second-order valence-corrected chi connectivity index (χ2v) is 7.87. The molecule has 180 valence electrons. The van der Waals surface area contributed by atoms with Gasteiger partial charge in [-0.15, -0.1) is 0 Å². The number of carbonyl (C=O) groups is 3. The molecule has 4 aromatic rings. The Bertz CT molecular complexity index is 1450. The highest BCUT2D eigenvalue weighted by Gasteiger charge is 2.21. The molecule has 3 aromatic heterocycles. The lowest BCUT2D eigenvalue weighted by Gasteiger charge is -2.14. The minimum atomic E-state index is -1.22. The van der Waals surface area contributed by atoms with Gasteiger partial charge in [-0.05, 0) is 37.1 Å². The molecule has 4 rings (SSSR count). The Morgan fingerprint density at radius 2 is 1.89 bits per heavy atom. The van der Waals surface area contributed by atoms with E-state index >= 15 is 0 Å². The molecule has 0 spiro atoms. The van der Waals surface area contributed by atoms with Gasteiger partial charge in [0.05, 0.1) is 18.4 Å². The number of nitrogens with two attached hydrogens (primary N) is 2. The lowest BCUT2D eigenvalue weighted by Crippen LogP contribution is -2.40. The predicted molar refractivity (Wildman–Crippen MR) is 125 cm³/mol. The number of carbonyl (C=O) groups excluding carboxylic acids is 1. The summed E-state index contributed by atoms with van der Waals surface area (Å²) in [6.07, 6.45) is 3.37. The van der Waals surface area contributed by atoms with Gasteiger partial charge < -0.3 is 31.6 Å². The highest BCUT2D eigenvalue weighted by Crippen LogP contribution is 2.20. The van der Waals surface area contributed by atoms with E-state index in [1.807, 2.05) is 16.8 Å². The molecule has 13 nitrogen and oxygen atoms in total. The second kappa shape index (κ2) is 9.59. The van der Waals surface area contributed by atoms with Crippen LogP contribution in [0.2, 0.25) is 0 Å². The number of nitrogen functional groups attached to an aromatic ring is 2. The SMILES string of the molecule is Nc1nc(N)c2nc(Cn3ccc4cc(C(=O)N[C@@H](CCCC(=O)O)C(=O)O)ccc43)cnc2n1. The van der Waals surface area contributed by atoms with Gasteiger partial charge in [0.2, 0.25) is 5.95 Å². The van der Waals surface area contributed by atoms with Crippen molar-refractivity contribution in [1.82, 2.24) is 29.8 Å². The smallest absolute Gasteiger partial charge is 0.326 e. The van der Waals surface area contributed by atoms with Gasteiger partial charge in [0.15, 0.2) is 17.0 Å². The summed E-state index contributed by atoms with van der Waals surface area (Å²) in [5, 5.41) is 21.3. The van der Waals surface area contributed by atoms with E-state index in [2.05, 4.69) is 25.3 Å². The highest BCUT2D eigenvalue weighted by molar-refractivity contribution is 5.99. The molecule has 0 fully saturated rings. The van der Waals surface area contributed by atoms with Gasteiger partial charge in [-0.3, -0.25) is 9.59 Å². The fraction of sp³-hybridized carbons (Fsp3) is 0.227. The summed E-state index contributed by atoms with van der Waals surface area (Å²) >= 11 is 0. The summed E-state index contributed by atoms with van der Waals surface area (Å²) in [5.74, 6) is -2.65. The van der Waals surface area contributed by atoms with Crippen LogP contribution in [0, 0.1) is 0 Å². The molecule has 1 aromatic carbocycles. The van der Waals surface area contributed by atoms with Gasteiger partial charge in [-0.25, -0.2) is 14.8 Å². The van der Waals surface area contributed by atoms with Crippen molar-refractivity contribution in [2.24, 2.45) is 0 Å². The van der Waals surface area contributed by atoms with Crippen LogP contribution in [0.15, 0.2) is 36.7 Å². The molecule has 0 unspecified atom stereocenters. The van der Waals surface area contributed by atoms with Crippen LogP contribution in [0.5, 0.6) is 0 Å². The Kier molecular flexibility index (Phi) is 6.40. The summed E-state index contributed by atoms with van der Waals surface area (Å²) < 4.78 is 1.91. The summed E-state index contributed by atoms with van der Waals surface area (Å²) in [6, 6.07) is 5.63. The third-order valence-electron chi connectivity index (χ3n) is 5.35. The summed E-state index contributed by atoms with van der Waals surface area (Å²) in [4.78, 5) is 51.4. The van der Waals surface area contributed by atoms with Crippen LogP contribution in [0.4, 0.5) is 11.8 Å².